The van der Waals surface area contributed by atoms with Gasteiger partial charge in [0.05, 0.1) is 22.2 Å². The highest BCUT2D eigenvalue weighted by Crippen LogP contribution is 2.21. The quantitative estimate of drug-likeness (QED) is 0.776. The Morgan fingerprint density at radius 3 is 2.42 bits per heavy atom. The fraction of sp³-hybridized carbons (Fsp3) is 0.211. The Labute approximate surface area is 139 Å². The maximum Gasteiger partial charge on any atom is 0.336 e. The number of nitrogens with zero attached hydrogens (tertiary/aromatic N) is 2. The highest BCUT2D eigenvalue weighted by Gasteiger charge is 2.22. The molecule has 0 saturated heterocycles. The Hall–Kier alpha value is -2.95. The molecule has 0 bridgehead atoms. The second kappa shape index (κ2) is 6.66. The number of para-hydroxylation sites is 2. The van der Waals surface area contributed by atoms with Gasteiger partial charge in [-0.05, 0) is 30.7 Å². The zero-order chi connectivity index (χ0) is 17.1. The molecule has 0 radical (unpaired) electrons. The lowest BCUT2D eigenvalue weighted by Crippen LogP contribution is -2.18. The molecular formula is C19H18N2O3. The molecule has 0 aliphatic heterocycles. The summed E-state index contributed by atoms with van der Waals surface area (Å²) >= 11 is 0. The van der Waals surface area contributed by atoms with E-state index >= 15 is 0 Å². The highest BCUT2D eigenvalue weighted by molar-refractivity contribution is 6.08. The van der Waals surface area contributed by atoms with Crippen molar-refractivity contribution in [3.05, 3.63) is 65.5 Å². The first-order chi connectivity index (χ1) is 11.6. The number of aromatic nitrogens is 2. The summed E-state index contributed by atoms with van der Waals surface area (Å²) in [4.78, 5) is 29.1. The average molecular weight is 322 g/mol. The molecule has 2 aromatic carbocycles. The molecule has 0 spiro atoms. The third-order valence-electron chi connectivity index (χ3n) is 3.98. The van der Waals surface area contributed by atoms with Crippen molar-refractivity contribution in [2.45, 2.75) is 26.2 Å². The van der Waals surface area contributed by atoms with E-state index in [0.717, 1.165) is 18.4 Å². The van der Waals surface area contributed by atoms with Crippen LogP contribution in [0.3, 0.4) is 0 Å². The molecular weight excluding hydrogens is 304 g/mol. The van der Waals surface area contributed by atoms with Crippen molar-refractivity contribution >= 4 is 22.9 Å². The van der Waals surface area contributed by atoms with Gasteiger partial charge in [0.2, 0.25) is 0 Å². The number of hydrogen-bond acceptors (Lipinski definition) is 3. The van der Waals surface area contributed by atoms with Gasteiger partial charge in [0.25, 0.3) is 5.91 Å². The van der Waals surface area contributed by atoms with Gasteiger partial charge in [0.15, 0.2) is 0 Å². The summed E-state index contributed by atoms with van der Waals surface area (Å²) in [6, 6.07) is 13.7. The number of carbonyl (C=O) groups is 2. The molecule has 1 heterocycles. The van der Waals surface area contributed by atoms with E-state index in [1.54, 1.807) is 22.8 Å². The van der Waals surface area contributed by atoms with Crippen LogP contribution >= 0.6 is 0 Å². The fourth-order valence-corrected chi connectivity index (χ4v) is 2.78. The van der Waals surface area contributed by atoms with Gasteiger partial charge in [0.1, 0.15) is 5.82 Å². The maximum absolute atomic E-state index is 13.1. The van der Waals surface area contributed by atoms with Crippen LogP contribution < -0.4 is 0 Å². The molecule has 5 nitrogen and oxygen atoms in total. The van der Waals surface area contributed by atoms with Crippen LogP contribution in [0.1, 0.15) is 46.3 Å². The van der Waals surface area contributed by atoms with E-state index in [4.69, 9.17) is 0 Å². The molecule has 0 fully saturated rings. The Balaban J connectivity index is 2.18. The third kappa shape index (κ3) is 2.80. The molecule has 0 atom stereocenters. The van der Waals surface area contributed by atoms with E-state index in [1.165, 1.54) is 6.07 Å². The number of benzene rings is 2. The molecule has 1 aromatic heterocycles. The smallest absolute Gasteiger partial charge is 0.336 e. The molecule has 24 heavy (non-hydrogen) atoms. The Kier molecular flexibility index (Phi) is 4.42. The molecule has 5 heteroatoms. The number of carbonyl (C=O) groups excluding carboxylic acids is 1. The molecule has 122 valence electrons. The number of imidazole rings is 1. The first-order valence-corrected chi connectivity index (χ1v) is 7.97. The number of carboxylic acids is 1. The van der Waals surface area contributed by atoms with E-state index < -0.39 is 5.97 Å². The fourth-order valence-electron chi connectivity index (χ4n) is 2.78. The van der Waals surface area contributed by atoms with Gasteiger partial charge in [-0.15, -0.1) is 0 Å². The minimum absolute atomic E-state index is 0.00160. The number of rotatable bonds is 5. The van der Waals surface area contributed by atoms with Crippen LogP contribution in [-0.2, 0) is 6.42 Å². The predicted molar refractivity (Wildman–Crippen MR) is 91.5 cm³/mol. The summed E-state index contributed by atoms with van der Waals surface area (Å²) < 4.78 is 1.55. The number of fused-ring (bicyclic) bond motifs is 1. The van der Waals surface area contributed by atoms with Gasteiger partial charge in [0, 0.05) is 6.42 Å². The van der Waals surface area contributed by atoms with Crippen LogP contribution in [0.4, 0.5) is 0 Å². The molecule has 1 N–H and O–H groups in total. The molecule has 3 aromatic rings. The van der Waals surface area contributed by atoms with E-state index in [1.807, 2.05) is 24.3 Å². The first kappa shape index (κ1) is 15.9. The van der Waals surface area contributed by atoms with Crippen molar-refractivity contribution in [3.8, 4) is 0 Å². The van der Waals surface area contributed by atoms with Crippen LogP contribution in [-0.4, -0.2) is 26.5 Å². The zero-order valence-electron chi connectivity index (χ0n) is 13.4. The van der Waals surface area contributed by atoms with Gasteiger partial charge in [-0.25, -0.2) is 9.78 Å². The Morgan fingerprint density at radius 2 is 1.71 bits per heavy atom. The van der Waals surface area contributed by atoms with Gasteiger partial charge in [-0.2, -0.15) is 0 Å². The van der Waals surface area contributed by atoms with Crippen molar-refractivity contribution in [3.63, 3.8) is 0 Å². The molecule has 0 aliphatic carbocycles. The summed E-state index contributed by atoms with van der Waals surface area (Å²) in [6.07, 6.45) is 2.58. The monoisotopic (exact) mass is 322 g/mol. The predicted octanol–water partition coefficient (Wildman–Crippen LogP) is 3.77. The van der Waals surface area contributed by atoms with Crippen LogP contribution in [0.2, 0.25) is 0 Å². The van der Waals surface area contributed by atoms with Gasteiger partial charge in [-0.1, -0.05) is 37.6 Å². The largest absolute Gasteiger partial charge is 0.478 e. The molecule has 3 rings (SSSR count). The van der Waals surface area contributed by atoms with Crippen LogP contribution in [0, 0.1) is 0 Å². The lowest BCUT2D eigenvalue weighted by Gasteiger charge is -2.10. The number of aryl methyl sites for hydroxylation is 1. The number of unbranched alkanes of at least 4 members (excludes halogenated alkanes) is 1. The summed E-state index contributed by atoms with van der Waals surface area (Å²) in [6.45, 7) is 2.08. The number of aromatic carboxylic acids is 1. The average Bonchev–Trinajstić information content (AvgIpc) is 2.97. The normalized spacial score (nSPS) is 10.9. The summed E-state index contributed by atoms with van der Waals surface area (Å²) in [5.41, 5.74) is 1.62. The van der Waals surface area contributed by atoms with E-state index in [-0.39, 0.29) is 17.0 Å². The van der Waals surface area contributed by atoms with Crippen molar-refractivity contribution in [1.82, 2.24) is 9.55 Å². The highest BCUT2D eigenvalue weighted by atomic mass is 16.4. The van der Waals surface area contributed by atoms with Crippen molar-refractivity contribution in [1.29, 1.82) is 0 Å². The topological polar surface area (TPSA) is 72.2 Å². The van der Waals surface area contributed by atoms with E-state index in [0.29, 0.717) is 17.8 Å². The minimum Gasteiger partial charge on any atom is -0.478 e. The SMILES string of the molecule is CCCCc1nc2ccccc2n1C(=O)c1ccccc1C(=O)O. The Morgan fingerprint density at radius 1 is 1.04 bits per heavy atom. The van der Waals surface area contributed by atoms with Crippen molar-refractivity contribution < 1.29 is 14.7 Å². The second-order valence-corrected chi connectivity index (χ2v) is 5.61. The first-order valence-electron chi connectivity index (χ1n) is 7.97. The zero-order valence-corrected chi connectivity index (χ0v) is 13.4. The molecule has 0 unspecified atom stereocenters. The molecule has 0 saturated carbocycles. The van der Waals surface area contributed by atoms with Gasteiger partial charge < -0.3 is 5.11 Å². The van der Waals surface area contributed by atoms with E-state index in [2.05, 4.69) is 11.9 Å². The molecule has 0 aliphatic rings. The van der Waals surface area contributed by atoms with Gasteiger partial charge >= 0.3 is 5.97 Å². The van der Waals surface area contributed by atoms with E-state index in [9.17, 15) is 14.7 Å². The minimum atomic E-state index is -1.11. The lowest BCUT2D eigenvalue weighted by molar-refractivity contribution is 0.0691. The standard InChI is InChI=1S/C19H18N2O3/c1-2-3-12-17-20-15-10-6-7-11-16(15)21(17)18(22)13-8-4-5-9-14(13)19(23)24/h4-11H,2-3,12H2,1H3,(H,23,24). The summed E-state index contributed by atoms with van der Waals surface area (Å²) in [5, 5.41) is 9.36. The van der Waals surface area contributed by atoms with Crippen molar-refractivity contribution in [2.24, 2.45) is 0 Å². The van der Waals surface area contributed by atoms with Crippen molar-refractivity contribution in [2.75, 3.05) is 0 Å². The second-order valence-electron chi connectivity index (χ2n) is 5.61. The number of carboxylic acid groups (broad SMARTS) is 1. The Bertz CT molecular complexity index is 912. The van der Waals surface area contributed by atoms with Crippen LogP contribution in [0.25, 0.3) is 11.0 Å². The number of hydrogen-bond donors (Lipinski definition) is 1. The van der Waals surface area contributed by atoms with Gasteiger partial charge in [-0.3, -0.25) is 9.36 Å². The van der Waals surface area contributed by atoms with Crippen LogP contribution in [0.5, 0.6) is 0 Å². The summed E-state index contributed by atoms with van der Waals surface area (Å²) in [7, 11) is 0. The third-order valence-corrected chi connectivity index (χ3v) is 3.98. The summed E-state index contributed by atoms with van der Waals surface area (Å²) in [5.74, 6) is -0.797. The lowest BCUT2D eigenvalue weighted by atomic mass is 10.1. The van der Waals surface area contributed by atoms with Crippen LogP contribution in [0.15, 0.2) is 48.5 Å². The molecule has 0 amide bonds. The maximum atomic E-state index is 13.1.